The van der Waals surface area contributed by atoms with Crippen LogP contribution in [0.15, 0.2) is 66.7 Å². The predicted octanol–water partition coefficient (Wildman–Crippen LogP) is 4.88. The van der Waals surface area contributed by atoms with Crippen molar-refractivity contribution in [3.63, 3.8) is 0 Å². The zero-order valence-corrected chi connectivity index (χ0v) is 17.8. The lowest BCUT2D eigenvalue weighted by Crippen LogP contribution is -2.30. The average molecular weight is 434 g/mol. The summed E-state index contributed by atoms with van der Waals surface area (Å²) in [5.41, 5.74) is 2.00. The Bertz CT molecular complexity index is 1160. The summed E-state index contributed by atoms with van der Waals surface area (Å²) in [6.07, 6.45) is -0.908. The molecule has 32 heavy (non-hydrogen) atoms. The lowest BCUT2D eigenvalue weighted by molar-refractivity contribution is -0.384. The van der Waals surface area contributed by atoms with E-state index >= 15 is 0 Å². The smallest absolute Gasteiger partial charge is 0.270 e. The second-order valence-corrected chi connectivity index (χ2v) is 7.05. The van der Waals surface area contributed by atoms with Crippen molar-refractivity contribution in [1.82, 2.24) is 0 Å². The van der Waals surface area contributed by atoms with Gasteiger partial charge in [0.25, 0.3) is 11.6 Å². The summed E-state index contributed by atoms with van der Waals surface area (Å²) in [6, 6.07) is 17.8. The van der Waals surface area contributed by atoms with Crippen LogP contribution in [-0.4, -0.2) is 29.8 Å². The maximum atomic E-state index is 12.7. The average Bonchev–Trinajstić information content (AvgIpc) is 2.79. The van der Waals surface area contributed by atoms with Crippen molar-refractivity contribution in [2.45, 2.75) is 20.0 Å². The minimum absolute atomic E-state index is 0.0960. The fourth-order valence-corrected chi connectivity index (χ4v) is 3.03. The highest BCUT2D eigenvalue weighted by molar-refractivity contribution is 5.98. The minimum Gasteiger partial charge on any atom is -0.497 e. The molecule has 0 heterocycles. The highest BCUT2D eigenvalue weighted by Gasteiger charge is 2.20. The number of hydrogen-bond donors (Lipinski definition) is 1. The number of anilines is 1. The van der Waals surface area contributed by atoms with Gasteiger partial charge in [-0.1, -0.05) is 24.3 Å². The number of benzene rings is 3. The molecule has 0 aromatic heterocycles. The second-order valence-electron chi connectivity index (χ2n) is 7.05. The molecule has 0 aliphatic heterocycles. The van der Waals surface area contributed by atoms with Crippen LogP contribution in [-0.2, 0) is 4.79 Å². The van der Waals surface area contributed by atoms with Crippen LogP contribution in [0.5, 0.6) is 11.5 Å². The molecule has 3 aromatic rings. The first-order valence-electron chi connectivity index (χ1n) is 9.80. The van der Waals surface area contributed by atoms with E-state index in [1.54, 1.807) is 62.6 Å². The number of non-ortho nitro benzene ring substituents is 1. The number of nitro groups is 1. The topological polar surface area (TPSA) is 108 Å². The molecule has 0 radical (unpaired) electrons. The molecule has 8 heteroatoms. The van der Waals surface area contributed by atoms with Crippen molar-refractivity contribution in [1.29, 1.82) is 0 Å². The van der Waals surface area contributed by atoms with E-state index in [1.807, 2.05) is 0 Å². The summed E-state index contributed by atoms with van der Waals surface area (Å²) in [5.74, 6) is 0.424. The normalized spacial score (nSPS) is 11.3. The number of ether oxygens (including phenoxy) is 2. The van der Waals surface area contributed by atoms with E-state index in [0.717, 1.165) is 0 Å². The zero-order chi connectivity index (χ0) is 23.3. The van der Waals surface area contributed by atoms with E-state index in [1.165, 1.54) is 25.1 Å². The van der Waals surface area contributed by atoms with Crippen molar-refractivity contribution in [3.05, 3.63) is 82.4 Å². The molecule has 0 saturated heterocycles. The van der Waals surface area contributed by atoms with Crippen LogP contribution in [0, 0.1) is 10.1 Å². The molecule has 1 amide bonds. The molecule has 0 spiro atoms. The molecule has 0 aliphatic rings. The molecule has 3 rings (SSSR count). The van der Waals surface area contributed by atoms with E-state index < -0.39 is 16.9 Å². The molecule has 3 aromatic carbocycles. The maximum absolute atomic E-state index is 12.7. The van der Waals surface area contributed by atoms with E-state index in [-0.39, 0.29) is 11.5 Å². The van der Waals surface area contributed by atoms with Crippen LogP contribution in [0.25, 0.3) is 11.1 Å². The summed E-state index contributed by atoms with van der Waals surface area (Å²) in [4.78, 5) is 35.0. The maximum Gasteiger partial charge on any atom is 0.270 e. The van der Waals surface area contributed by atoms with Crippen LogP contribution < -0.4 is 14.8 Å². The van der Waals surface area contributed by atoms with Crippen molar-refractivity contribution >= 4 is 23.1 Å². The predicted molar refractivity (Wildman–Crippen MR) is 120 cm³/mol. The van der Waals surface area contributed by atoms with Gasteiger partial charge in [-0.15, -0.1) is 0 Å². The number of ketones is 1. The Hall–Kier alpha value is -4.20. The molecule has 8 nitrogen and oxygen atoms in total. The third kappa shape index (κ3) is 5.28. The quantitative estimate of drug-likeness (QED) is 0.308. The number of Topliss-reactive ketones (excluding diaryl/α,β-unsaturated/α-hetero) is 1. The fraction of sp³-hybridized carbons (Fsp3) is 0.167. The molecule has 164 valence electrons. The number of carbonyl (C=O) groups is 2. The monoisotopic (exact) mass is 434 g/mol. The van der Waals surface area contributed by atoms with Gasteiger partial charge < -0.3 is 14.8 Å². The fourth-order valence-electron chi connectivity index (χ4n) is 3.03. The van der Waals surface area contributed by atoms with Crippen molar-refractivity contribution in [2.24, 2.45) is 0 Å². The standard InChI is InChI=1S/C24H22N2O6/c1-15(27)18-5-4-6-19(13-18)25-24(28)16(2)32-23-12-9-20(26(29)30)14-22(23)17-7-10-21(31-3)11-8-17/h4-14,16H,1-3H3,(H,25,28)/t16-/m0/s1. The summed E-state index contributed by atoms with van der Waals surface area (Å²) in [6.45, 7) is 3.02. The molecule has 1 atom stereocenters. The van der Waals surface area contributed by atoms with Crippen LogP contribution in [0.4, 0.5) is 11.4 Å². The summed E-state index contributed by atoms with van der Waals surface area (Å²) < 4.78 is 11.0. The summed E-state index contributed by atoms with van der Waals surface area (Å²) >= 11 is 0. The van der Waals surface area contributed by atoms with Gasteiger partial charge in [-0.25, -0.2) is 0 Å². The first-order valence-corrected chi connectivity index (χ1v) is 9.80. The number of rotatable bonds is 8. The first kappa shape index (κ1) is 22.5. The van der Waals surface area contributed by atoms with Gasteiger partial charge in [0, 0.05) is 28.9 Å². The Balaban J connectivity index is 1.85. The van der Waals surface area contributed by atoms with Gasteiger partial charge in [0.15, 0.2) is 11.9 Å². The lowest BCUT2D eigenvalue weighted by atomic mass is 10.0. The van der Waals surface area contributed by atoms with Gasteiger partial charge in [0.2, 0.25) is 0 Å². The number of amides is 1. The summed E-state index contributed by atoms with van der Waals surface area (Å²) in [5, 5.41) is 14.0. The van der Waals surface area contributed by atoms with Crippen LogP contribution in [0.3, 0.4) is 0 Å². The number of hydrogen-bond acceptors (Lipinski definition) is 6. The van der Waals surface area contributed by atoms with Crippen LogP contribution in [0.2, 0.25) is 0 Å². The summed E-state index contributed by atoms with van der Waals surface area (Å²) in [7, 11) is 1.54. The Morgan fingerprint density at radius 2 is 1.75 bits per heavy atom. The third-order valence-corrected chi connectivity index (χ3v) is 4.78. The molecule has 1 N–H and O–H groups in total. The lowest BCUT2D eigenvalue weighted by Gasteiger charge is -2.18. The van der Waals surface area contributed by atoms with E-state index in [4.69, 9.17) is 9.47 Å². The van der Waals surface area contributed by atoms with Crippen LogP contribution >= 0.6 is 0 Å². The number of nitrogens with zero attached hydrogens (tertiary/aromatic N) is 1. The van der Waals surface area contributed by atoms with Gasteiger partial charge >= 0.3 is 0 Å². The number of methoxy groups -OCH3 is 1. The van der Waals surface area contributed by atoms with Crippen molar-refractivity contribution in [2.75, 3.05) is 12.4 Å². The van der Waals surface area contributed by atoms with E-state index in [2.05, 4.69) is 5.32 Å². The minimum atomic E-state index is -0.908. The molecule has 0 unspecified atom stereocenters. The van der Waals surface area contributed by atoms with Crippen molar-refractivity contribution in [3.8, 4) is 22.6 Å². The van der Waals surface area contributed by atoms with Gasteiger partial charge in [-0.3, -0.25) is 19.7 Å². The molecule has 0 bridgehead atoms. The highest BCUT2D eigenvalue weighted by atomic mass is 16.6. The zero-order valence-electron chi connectivity index (χ0n) is 17.8. The Morgan fingerprint density at radius 3 is 2.38 bits per heavy atom. The SMILES string of the molecule is COc1ccc(-c2cc([N+](=O)[O-])ccc2O[C@@H](C)C(=O)Nc2cccc(C(C)=O)c2)cc1. The number of nitrogens with one attached hydrogen (secondary N) is 1. The van der Waals surface area contributed by atoms with Gasteiger partial charge in [-0.2, -0.15) is 0 Å². The molecular formula is C24H22N2O6. The molecule has 0 fully saturated rings. The largest absolute Gasteiger partial charge is 0.497 e. The molecular weight excluding hydrogens is 412 g/mol. The van der Waals surface area contributed by atoms with Crippen LogP contribution in [0.1, 0.15) is 24.2 Å². The molecule has 0 saturated carbocycles. The van der Waals surface area contributed by atoms with E-state index in [0.29, 0.717) is 33.9 Å². The van der Waals surface area contributed by atoms with Gasteiger partial charge in [0.05, 0.1) is 12.0 Å². The second kappa shape index (κ2) is 9.74. The van der Waals surface area contributed by atoms with E-state index in [9.17, 15) is 19.7 Å². The van der Waals surface area contributed by atoms with Gasteiger partial charge in [0.1, 0.15) is 11.5 Å². The Morgan fingerprint density at radius 1 is 1.03 bits per heavy atom. The third-order valence-electron chi connectivity index (χ3n) is 4.78. The Labute approximate surface area is 184 Å². The van der Waals surface area contributed by atoms with Crippen molar-refractivity contribution < 1.29 is 24.0 Å². The number of nitro benzene ring substituents is 1. The highest BCUT2D eigenvalue weighted by Crippen LogP contribution is 2.35. The van der Waals surface area contributed by atoms with Gasteiger partial charge in [-0.05, 0) is 49.7 Å². The molecule has 0 aliphatic carbocycles. The number of carbonyl (C=O) groups excluding carboxylic acids is 2. The Kier molecular flexibility index (Phi) is 6.84. The first-order chi connectivity index (χ1) is 15.3.